The van der Waals surface area contributed by atoms with Crippen molar-refractivity contribution in [2.75, 3.05) is 6.54 Å². The number of halogens is 3. The fourth-order valence-electron chi connectivity index (χ4n) is 1.12. The van der Waals surface area contributed by atoms with Crippen LogP contribution >= 0.6 is 0 Å². The molecule has 1 atom stereocenters. The van der Waals surface area contributed by atoms with Crippen molar-refractivity contribution in [1.29, 1.82) is 0 Å². The van der Waals surface area contributed by atoms with Gasteiger partial charge < -0.3 is 5.11 Å². The lowest BCUT2D eigenvalue weighted by molar-refractivity contribution is -0.235. The molecule has 0 aliphatic carbocycles. The van der Waals surface area contributed by atoms with Crippen LogP contribution in [0.2, 0.25) is 0 Å². The molecule has 1 saturated heterocycles. The normalized spacial score (nSPS) is 23.8. The van der Waals surface area contributed by atoms with Gasteiger partial charge in [-0.15, -0.1) is 13.2 Å². The number of likely N-dealkylation sites (tertiary alicyclic amines) is 1. The van der Waals surface area contributed by atoms with Crippen LogP contribution in [0.15, 0.2) is 0 Å². The molecular formula is C6H6F3NO3. The van der Waals surface area contributed by atoms with Gasteiger partial charge in [-0.1, -0.05) is 0 Å². The highest BCUT2D eigenvalue weighted by Crippen LogP contribution is 2.29. The first-order valence-electron chi connectivity index (χ1n) is 3.42. The van der Waals surface area contributed by atoms with Gasteiger partial charge in [-0.3, -0.25) is 14.5 Å². The molecule has 1 amide bonds. The Kier molecular flexibility index (Phi) is 2.19. The van der Waals surface area contributed by atoms with E-state index in [9.17, 15) is 22.8 Å². The number of carboxylic acids is 1. The predicted octanol–water partition coefficient (Wildman–Crippen LogP) is 0.439. The van der Waals surface area contributed by atoms with Gasteiger partial charge in [0.05, 0.1) is 5.92 Å². The van der Waals surface area contributed by atoms with Crippen LogP contribution in [0.4, 0.5) is 13.2 Å². The molecule has 0 saturated carbocycles. The van der Waals surface area contributed by atoms with Crippen LogP contribution in [0, 0.1) is 5.92 Å². The van der Waals surface area contributed by atoms with Crippen LogP contribution in [0.1, 0.15) is 6.42 Å². The summed E-state index contributed by atoms with van der Waals surface area (Å²) in [7, 11) is 0. The standard InChI is InChI=1S/C6H6F3NO3/c7-6(8,9)10-2-3(5(12)13)1-4(10)11/h3H,1-2H2,(H,12,13). The van der Waals surface area contributed by atoms with Crippen molar-refractivity contribution in [1.82, 2.24) is 4.90 Å². The molecule has 1 heterocycles. The second-order valence-electron chi connectivity index (χ2n) is 2.71. The maximum absolute atomic E-state index is 12.0. The van der Waals surface area contributed by atoms with Crippen LogP contribution in [0.25, 0.3) is 0 Å². The maximum Gasteiger partial charge on any atom is 0.487 e. The zero-order valence-corrected chi connectivity index (χ0v) is 6.34. The third kappa shape index (κ3) is 1.90. The van der Waals surface area contributed by atoms with Crippen LogP contribution in [0.3, 0.4) is 0 Å². The Morgan fingerprint density at radius 3 is 2.31 bits per heavy atom. The Bertz CT molecular complexity index is 250. The molecule has 4 nitrogen and oxygen atoms in total. The summed E-state index contributed by atoms with van der Waals surface area (Å²) in [5, 5.41) is 8.37. The van der Waals surface area contributed by atoms with E-state index in [1.165, 1.54) is 0 Å². The highest BCUT2D eigenvalue weighted by Gasteiger charge is 2.48. The van der Waals surface area contributed by atoms with E-state index in [0.29, 0.717) is 0 Å². The average molecular weight is 197 g/mol. The molecule has 0 aromatic rings. The topological polar surface area (TPSA) is 57.6 Å². The van der Waals surface area contributed by atoms with Crippen molar-refractivity contribution in [3.05, 3.63) is 0 Å². The van der Waals surface area contributed by atoms with Crippen LogP contribution in [0.5, 0.6) is 0 Å². The Morgan fingerprint density at radius 1 is 1.54 bits per heavy atom. The molecule has 1 unspecified atom stereocenters. The molecule has 0 aromatic carbocycles. The van der Waals surface area contributed by atoms with Crippen LogP contribution in [-0.4, -0.2) is 34.7 Å². The number of hydrogen-bond donors (Lipinski definition) is 1. The summed E-state index contributed by atoms with van der Waals surface area (Å²) in [4.78, 5) is 20.6. The maximum atomic E-state index is 12.0. The second kappa shape index (κ2) is 2.90. The summed E-state index contributed by atoms with van der Waals surface area (Å²) in [6.45, 7) is -0.780. The van der Waals surface area contributed by atoms with Crippen molar-refractivity contribution in [3.8, 4) is 0 Å². The summed E-state index contributed by atoms with van der Waals surface area (Å²) >= 11 is 0. The van der Waals surface area contributed by atoms with Crippen LogP contribution in [-0.2, 0) is 9.59 Å². The molecular weight excluding hydrogens is 191 g/mol. The molecule has 0 radical (unpaired) electrons. The summed E-state index contributed by atoms with van der Waals surface area (Å²) in [6.07, 6.45) is -5.34. The number of carbonyl (C=O) groups excluding carboxylic acids is 1. The van der Waals surface area contributed by atoms with Gasteiger partial charge >= 0.3 is 12.3 Å². The molecule has 1 rings (SSSR count). The Labute approximate surface area is 70.9 Å². The molecule has 13 heavy (non-hydrogen) atoms. The minimum absolute atomic E-state index is 0.369. The molecule has 1 N–H and O–H groups in total. The monoisotopic (exact) mass is 197 g/mol. The van der Waals surface area contributed by atoms with E-state index in [1.54, 1.807) is 0 Å². The van der Waals surface area contributed by atoms with E-state index in [1.807, 2.05) is 0 Å². The third-order valence-corrected chi connectivity index (χ3v) is 1.78. The lowest BCUT2D eigenvalue weighted by atomic mass is 10.1. The van der Waals surface area contributed by atoms with Gasteiger partial charge in [0.2, 0.25) is 5.91 Å². The molecule has 7 heteroatoms. The number of hydrogen-bond acceptors (Lipinski definition) is 2. The van der Waals surface area contributed by atoms with Gasteiger partial charge in [-0.2, -0.15) is 0 Å². The van der Waals surface area contributed by atoms with Crippen molar-refractivity contribution < 1.29 is 27.9 Å². The van der Waals surface area contributed by atoms with Gasteiger partial charge in [0, 0.05) is 13.0 Å². The lowest BCUT2D eigenvalue weighted by Gasteiger charge is -2.18. The first-order chi connectivity index (χ1) is 5.82. The van der Waals surface area contributed by atoms with Gasteiger partial charge in [0.1, 0.15) is 0 Å². The van der Waals surface area contributed by atoms with E-state index >= 15 is 0 Å². The van der Waals surface area contributed by atoms with E-state index in [-0.39, 0.29) is 4.90 Å². The molecule has 1 fully saturated rings. The molecule has 74 valence electrons. The Hall–Kier alpha value is -1.27. The molecule has 0 bridgehead atoms. The van der Waals surface area contributed by atoms with E-state index < -0.39 is 37.1 Å². The Morgan fingerprint density at radius 2 is 2.08 bits per heavy atom. The van der Waals surface area contributed by atoms with E-state index in [4.69, 9.17) is 5.11 Å². The first-order valence-corrected chi connectivity index (χ1v) is 3.42. The SMILES string of the molecule is O=C(O)C1CC(=O)N(C(F)(F)F)C1. The van der Waals surface area contributed by atoms with Gasteiger partial charge in [0.25, 0.3) is 0 Å². The Balaban J connectivity index is 2.73. The lowest BCUT2D eigenvalue weighted by Crippen LogP contribution is -2.39. The average Bonchev–Trinajstić information content (AvgIpc) is 2.29. The molecule has 1 aliphatic heterocycles. The molecule has 1 aliphatic rings. The van der Waals surface area contributed by atoms with Crippen molar-refractivity contribution in [2.24, 2.45) is 5.92 Å². The zero-order valence-electron chi connectivity index (χ0n) is 6.34. The van der Waals surface area contributed by atoms with Gasteiger partial charge in [-0.25, -0.2) is 0 Å². The number of rotatable bonds is 1. The summed E-state index contributed by atoms with van der Waals surface area (Å²) in [6, 6.07) is 0. The smallest absolute Gasteiger partial charge is 0.481 e. The third-order valence-electron chi connectivity index (χ3n) is 1.78. The largest absolute Gasteiger partial charge is 0.487 e. The molecule has 0 aromatic heterocycles. The fourth-order valence-corrected chi connectivity index (χ4v) is 1.12. The predicted molar refractivity (Wildman–Crippen MR) is 33.5 cm³/mol. The number of aliphatic carboxylic acids is 1. The van der Waals surface area contributed by atoms with Crippen molar-refractivity contribution >= 4 is 11.9 Å². The number of alkyl halides is 3. The number of carboxylic acid groups (broad SMARTS) is 1. The highest BCUT2D eigenvalue weighted by molar-refractivity contribution is 5.86. The van der Waals surface area contributed by atoms with E-state index in [2.05, 4.69) is 0 Å². The number of nitrogens with zero attached hydrogens (tertiary/aromatic N) is 1. The van der Waals surface area contributed by atoms with Crippen LogP contribution < -0.4 is 0 Å². The van der Waals surface area contributed by atoms with Crippen molar-refractivity contribution in [3.63, 3.8) is 0 Å². The van der Waals surface area contributed by atoms with Gasteiger partial charge in [-0.05, 0) is 0 Å². The van der Waals surface area contributed by atoms with Gasteiger partial charge in [0.15, 0.2) is 0 Å². The summed E-state index contributed by atoms with van der Waals surface area (Å²) in [5.74, 6) is -3.80. The van der Waals surface area contributed by atoms with E-state index in [0.717, 1.165) is 0 Å². The number of amides is 1. The number of carbonyl (C=O) groups is 2. The summed E-state index contributed by atoms with van der Waals surface area (Å²) in [5.41, 5.74) is 0. The first kappa shape index (κ1) is 9.82. The minimum Gasteiger partial charge on any atom is -0.481 e. The molecule has 0 spiro atoms. The quantitative estimate of drug-likeness (QED) is 0.620. The summed E-state index contributed by atoms with van der Waals surface area (Å²) < 4.78 is 35.9. The highest BCUT2D eigenvalue weighted by atomic mass is 19.4. The minimum atomic E-state index is -4.76. The fraction of sp³-hybridized carbons (Fsp3) is 0.667. The van der Waals surface area contributed by atoms with Crippen molar-refractivity contribution in [2.45, 2.75) is 12.7 Å². The second-order valence-corrected chi connectivity index (χ2v) is 2.71. The zero-order chi connectivity index (χ0) is 10.2.